The summed E-state index contributed by atoms with van der Waals surface area (Å²) in [7, 11) is 0. The van der Waals surface area contributed by atoms with Gasteiger partial charge >= 0.3 is 0 Å². The fourth-order valence-electron chi connectivity index (χ4n) is 3.81. The molecule has 0 spiro atoms. The van der Waals surface area contributed by atoms with E-state index in [0.717, 1.165) is 19.4 Å². The minimum Gasteiger partial charge on any atom is -0.391 e. The number of carbonyl (C=O) groups is 1. The normalized spacial score (nSPS) is 28.7. The van der Waals surface area contributed by atoms with Crippen molar-refractivity contribution in [2.45, 2.75) is 37.5 Å². The average Bonchev–Trinajstić information content (AvgIpc) is 2.56. The van der Waals surface area contributed by atoms with E-state index in [1.54, 1.807) is 18.2 Å². The van der Waals surface area contributed by atoms with Crippen LogP contribution in [-0.2, 0) is 4.79 Å². The highest BCUT2D eigenvalue weighted by Crippen LogP contribution is 2.29. The number of nitrogens with zero attached hydrogens (tertiary/aromatic N) is 3. The van der Waals surface area contributed by atoms with E-state index >= 15 is 0 Å². The van der Waals surface area contributed by atoms with Crippen LogP contribution < -0.4 is 5.56 Å². The molecule has 0 amide bonds. The quantitative estimate of drug-likeness (QED) is 0.840. The number of hydrogen-bond acceptors (Lipinski definition) is 5. The number of aliphatic hydroxyl groups excluding tert-OH is 1. The predicted molar refractivity (Wildman–Crippen MR) is 85.3 cm³/mol. The molecule has 2 aliphatic rings. The molecule has 2 aromatic rings. The van der Waals surface area contributed by atoms with E-state index < -0.39 is 12.1 Å². The van der Waals surface area contributed by atoms with Gasteiger partial charge in [0.25, 0.3) is 5.56 Å². The minimum atomic E-state index is -0.513. The van der Waals surface area contributed by atoms with Gasteiger partial charge in [0.15, 0.2) is 5.78 Å². The summed E-state index contributed by atoms with van der Waals surface area (Å²) in [6.07, 6.45) is 3.00. The predicted octanol–water partition coefficient (Wildman–Crippen LogP) is 0.736. The molecule has 120 valence electrons. The third-order valence-corrected chi connectivity index (χ3v) is 5.07. The second-order valence-corrected chi connectivity index (χ2v) is 6.43. The Hall–Kier alpha value is -2.05. The van der Waals surface area contributed by atoms with E-state index in [4.69, 9.17) is 0 Å². The maximum atomic E-state index is 12.7. The number of hydrogen-bond donors (Lipinski definition) is 1. The first-order valence-corrected chi connectivity index (χ1v) is 8.06. The second-order valence-electron chi connectivity index (χ2n) is 6.43. The maximum absolute atomic E-state index is 12.7. The third kappa shape index (κ3) is 2.38. The first-order valence-electron chi connectivity index (χ1n) is 8.06. The van der Waals surface area contributed by atoms with Gasteiger partial charge in [0.2, 0.25) is 0 Å². The number of ketones is 1. The largest absolute Gasteiger partial charge is 0.391 e. The standard InChI is InChI=1S/C17H19N3O3/c21-15-6-3-7-19-9-14(16(22)8-13(15)19)20-10-18-12-5-2-1-4-11(12)17(20)23/h1-2,4-5,10,13-15,21H,3,6-9H2. The van der Waals surface area contributed by atoms with Crippen molar-refractivity contribution < 1.29 is 9.90 Å². The molecule has 0 aliphatic carbocycles. The van der Waals surface area contributed by atoms with Gasteiger partial charge in [-0.3, -0.25) is 19.1 Å². The molecule has 1 aromatic heterocycles. The molecule has 23 heavy (non-hydrogen) atoms. The molecule has 0 radical (unpaired) electrons. The van der Waals surface area contributed by atoms with Crippen LogP contribution in [0.25, 0.3) is 10.9 Å². The maximum Gasteiger partial charge on any atom is 0.261 e. The van der Waals surface area contributed by atoms with Gasteiger partial charge in [0, 0.05) is 19.0 Å². The van der Waals surface area contributed by atoms with Crippen LogP contribution in [0.15, 0.2) is 35.4 Å². The zero-order valence-corrected chi connectivity index (χ0v) is 12.8. The third-order valence-electron chi connectivity index (χ3n) is 5.07. The molecule has 0 bridgehead atoms. The van der Waals surface area contributed by atoms with Crippen LogP contribution in [0.3, 0.4) is 0 Å². The topological polar surface area (TPSA) is 75.4 Å². The number of rotatable bonds is 1. The Morgan fingerprint density at radius 2 is 2.04 bits per heavy atom. The lowest BCUT2D eigenvalue weighted by atomic mass is 9.88. The van der Waals surface area contributed by atoms with Crippen LogP contribution in [0, 0.1) is 0 Å². The molecule has 6 nitrogen and oxygen atoms in total. The summed E-state index contributed by atoms with van der Waals surface area (Å²) in [6, 6.07) is 6.56. The van der Waals surface area contributed by atoms with Crippen LogP contribution in [0.5, 0.6) is 0 Å². The van der Waals surface area contributed by atoms with Gasteiger partial charge in [-0.15, -0.1) is 0 Å². The molecular formula is C17H19N3O3. The Morgan fingerprint density at radius 1 is 1.22 bits per heavy atom. The number of carbonyl (C=O) groups excluding carboxylic acids is 1. The molecule has 1 aromatic carbocycles. The molecule has 6 heteroatoms. The van der Waals surface area contributed by atoms with E-state index in [1.807, 2.05) is 6.07 Å². The first-order chi connectivity index (χ1) is 11.1. The van der Waals surface area contributed by atoms with Crippen LogP contribution in [0.2, 0.25) is 0 Å². The molecule has 0 saturated carbocycles. The van der Waals surface area contributed by atoms with Gasteiger partial charge in [0.05, 0.1) is 23.3 Å². The fraction of sp³-hybridized carbons (Fsp3) is 0.471. The van der Waals surface area contributed by atoms with Crippen molar-refractivity contribution >= 4 is 16.7 Å². The molecule has 3 unspecified atom stereocenters. The van der Waals surface area contributed by atoms with Gasteiger partial charge in [-0.25, -0.2) is 4.98 Å². The summed E-state index contributed by atoms with van der Waals surface area (Å²) in [4.78, 5) is 31.7. The lowest BCUT2D eigenvalue weighted by Gasteiger charge is -2.44. The summed E-state index contributed by atoms with van der Waals surface area (Å²) >= 11 is 0. The number of aliphatic hydroxyl groups is 1. The van der Waals surface area contributed by atoms with Crippen molar-refractivity contribution in [3.63, 3.8) is 0 Å². The van der Waals surface area contributed by atoms with Gasteiger partial charge in [0.1, 0.15) is 6.04 Å². The van der Waals surface area contributed by atoms with Crippen molar-refractivity contribution in [2.24, 2.45) is 0 Å². The molecule has 2 fully saturated rings. The Balaban J connectivity index is 1.72. The van der Waals surface area contributed by atoms with Crippen molar-refractivity contribution in [3.05, 3.63) is 40.9 Å². The van der Waals surface area contributed by atoms with Crippen LogP contribution in [0.4, 0.5) is 0 Å². The molecular weight excluding hydrogens is 294 g/mol. The molecule has 2 aliphatic heterocycles. The Bertz CT molecular complexity index is 816. The Labute approximate surface area is 133 Å². The number of benzene rings is 1. The van der Waals surface area contributed by atoms with E-state index in [9.17, 15) is 14.7 Å². The molecule has 3 heterocycles. The van der Waals surface area contributed by atoms with Crippen molar-refractivity contribution in [1.29, 1.82) is 0 Å². The second kappa shape index (κ2) is 5.54. The first kappa shape index (κ1) is 14.5. The SMILES string of the molecule is O=C1CC2C(O)CCCN2CC1n1cnc2ccccc2c1=O. The van der Waals surface area contributed by atoms with Crippen LogP contribution in [0.1, 0.15) is 25.3 Å². The summed E-state index contributed by atoms with van der Waals surface area (Å²) in [6.45, 7) is 1.34. The van der Waals surface area contributed by atoms with E-state index in [1.165, 1.54) is 10.9 Å². The number of piperidine rings is 2. The highest BCUT2D eigenvalue weighted by Gasteiger charge is 2.40. The minimum absolute atomic E-state index is 0.00591. The monoisotopic (exact) mass is 313 g/mol. The van der Waals surface area contributed by atoms with Crippen LogP contribution in [-0.4, -0.2) is 50.6 Å². The zero-order valence-electron chi connectivity index (χ0n) is 12.8. The Morgan fingerprint density at radius 3 is 2.91 bits per heavy atom. The van der Waals surface area contributed by atoms with Gasteiger partial charge in [-0.05, 0) is 31.5 Å². The average molecular weight is 313 g/mol. The number of aromatic nitrogens is 2. The number of para-hydroxylation sites is 1. The van der Waals surface area contributed by atoms with Crippen molar-refractivity contribution in [2.75, 3.05) is 13.1 Å². The lowest BCUT2D eigenvalue weighted by molar-refractivity contribution is -0.131. The number of fused-ring (bicyclic) bond motifs is 2. The van der Waals surface area contributed by atoms with Gasteiger partial charge in [-0.2, -0.15) is 0 Å². The fourth-order valence-corrected chi connectivity index (χ4v) is 3.81. The van der Waals surface area contributed by atoms with Crippen molar-refractivity contribution in [1.82, 2.24) is 14.5 Å². The highest BCUT2D eigenvalue weighted by molar-refractivity contribution is 5.85. The summed E-state index contributed by atoms with van der Waals surface area (Å²) < 4.78 is 1.46. The number of Topliss-reactive ketones (excluding diaryl/α,β-unsaturated/α-hetero) is 1. The highest BCUT2D eigenvalue weighted by atomic mass is 16.3. The van der Waals surface area contributed by atoms with Crippen LogP contribution >= 0.6 is 0 Å². The van der Waals surface area contributed by atoms with Crippen molar-refractivity contribution in [3.8, 4) is 0 Å². The van der Waals surface area contributed by atoms with E-state index in [2.05, 4.69) is 9.88 Å². The summed E-state index contributed by atoms with van der Waals surface area (Å²) in [5.74, 6) is 0.00591. The summed E-state index contributed by atoms with van der Waals surface area (Å²) in [5.41, 5.74) is 0.466. The molecule has 1 N–H and O–H groups in total. The molecule has 2 saturated heterocycles. The zero-order chi connectivity index (χ0) is 16.0. The molecule has 4 rings (SSSR count). The molecule has 3 atom stereocenters. The van der Waals surface area contributed by atoms with E-state index in [-0.39, 0.29) is 17.4 Å². The lowest BCUT2D eigenvalue weighted by Crippen LogP contribution is -2.56. The summed E-state index contributed by atoms with van der Waals surface area (Å²) in [5, 5.41) is 10.6. The van der Waals surface area contributed by atoms with Gasteiger partial charge in [-0.1, -0.05) is 12.1 Å². The van der Waals surface area contributed by atoms with Gasteiger partial charge < -0.3 is 5.11 Å². The van der Waals surface area contributed by atoms with E-state index in [0.29, 0.717) is 23.9 Å². The smallest absolute Gasteiger partial charge is 0.261 e. The Kier molecular flexibility index (Phi) is 3.50.